The van der Waals surface area contributed by atoms with Gasteiger partial charge in [0.1, 0.15) is 11.6 Å². The van der Waals surface area contributed by atoms with Crippen molar-refractivity contribution in [2.75, 3.05) is 0 Å². The van der Waals surface area contributed by atoms with Crippen molar-refractivity contribution in [3.8, 4) is 5.69 Å². The molecule has 0 spiro atoms. The fourth-order valence-electron chi connectivity index (χ4n) is 3.87. The fourth-order valence-corrected chi connectivity index (χ4v) is 3.87. The highest BCUT2D eigenvalue weighted by molar-refractivity contribution is 5.70. The van der Waals surface area contributed by atoms with E-state index in [1.165, 1.54) is 35.2 Å². The van der Waals surface area contributed by atoms with Crippen LogP contribution in [0.25, 0.3) is 16.9 Å². The molecule has 1 fully saturated rings. The van der Waals surface area contributed by atoms with E-state index in [1.807, 2.05) is 0 Å². The number of rotatable bonds is 2. The topological polar surface area (TPSA) is 52.7 Å². The van der Waals surface area contributed by atoms with Crippen molar-refractivity contribution in [2.24, 2.45) is 13.0 Å². The summed E-state index contributed by atoms with van der Waals surface area (Å²) in [5.41, 5.74) is 0.556. The lowest BCUT2D eigenvalue weighted by atomic mass is 9.81. The maximum atomic E-state index is 13.3. The van der Waals surface area contributed by atoms with E-state index >= 15 is 0 Å². The van der Waals surface area contributed by atoms with E-state index in [0.29, 0.717) is 17.2 Å². The van der Waals surface area contributed by atoms with Crippen molar-refractivity contribution in [1.82, 2.24) is 19.1 Å². The molecule has 0 aliphatic heterocycles. The summed E-state index contributed by atoms with van der Waals surface area (Å²) >= 11 is 0. The molecule has 1 aromatic carbocycles. The number of imidazole rings is 1. The van der Waals surface area contributed by atoms with Gasteiger partial charge in [-0.05, 0) is 49.9 Å². The van der Waals surface area contributed by atoms with Crippen LogP contribution in [-0.2, 0) is 7.05 Å². The second-order valence-electron chi connectivity index (χ2n) is 7.20. The molecule has 2 heterocycles. The molecule has 28 heavy (non-hydrogen) atoms. The van der Waals surface area contributed by atoms with Gasteiger partial charge in [0.2, 0.25) is 0 Å². The zero-order chi connectivity index (χ0) is 20.1. The summed E-state index contributed by atoms with van der Waals surface area (Å²) < 4.78 is 55.4. The molecule has 1 aliphatic rings. The van der Waals surface area contributed by atoms with Crippen LogP contribution in [0.15, 0.2) is 35.4 Å². The molecule has 0 radical (unpaired) electrons. The van der Waals surface area contributed by atoms with Gasteiger partial charge < -0.3 is 4.57 Å². The molecular weight excluding hydrogens is 376 g/mol. The lowest BCUT2D eigenvalue weighted by Crippen LogP contribution is -2.31. The summed E-state index contributed by atoms with van der Waals surface area (Å²) in [6.45, 7) is 0. The van der Waals surface area contributed by atoms with Crippen molar-refractivity contribution in [2.45, 2.75) is 37.8 Å². The van der Waals surface area contributed by atoms with E-state index in [2.05, 4.69) is 9.97 Å². The largest absolute Gasteiger partial charge is 0.391 e. The van der Waals surface area contributed by atoms with Gasteiger partial charge in [0.25, 0.3) is 5.56 Å². The highest BCUT2D eigenvalue weighted by Crippen LogP contribution is 2.42. The van der Waals surface area contributed by atoms with Crippen molar-refractivity contribution in [3.63, 3.8) is 0 Å². The van der Waals surface area contributed by atoms with Crippen molar-refractivity contribution in [3.05, 3.63) is 52.6 Å². The summed E-state index contributed by atoms with van der Waals surface area (Å²) in [5.74, 6) is -1.67. The lowest BCUT2D eigenvalue weighted by Gasteiger charge is -2.30. The highest BCUT2D eigenvalue weighted by atomic mass is 19.4. The molecule has 4 rings (SSSR count). The fraction of sp³-hybridized carbons (Fsp3) is 0.421. The third-order valence-corrected chi connectivity index (χ3v) is 5.40. The molecule has 0 saturated heterocycles. The molecule has 0 bridgehead atoms. The minimum atomic E-state index is -4.21. The number of aromatic nitrogens is 4. The Kier molecular flexibility index (Phi) is 4.47. The van der Waals surface area contributed by atoms with Crippen LogP contribution in [0.1, 0.15) is 37.4 Å². The van der Waals surface area contributed by atoms with Crippen molar-refractivity contribution >= 4 is 11.2 Å². The zero-order valence-corrected chi connectivity index (χ0v) is 15.1. The van der Waals surface area contributed by atoms with Crippen molar-refractivity contribution in [1.29, 1.82) is 0 Å². The number of nitrogens with zero attached hydrogens (tertiary/aromatic N) is 4. The van der Waals surface area contributed by atoms with Gasteiger partial charge in [-0.25, -0.2) is 14.4 Å². The van der Waals surface area contributed by atoms with Crippen LogP contribution in [0.3, 0.4) is 0 Å². The first-order valence-corrected chi connectivity index (χ1v) is 9.02. The predicted molar refractivity (Wildman–Crippen MR) is 94.8 cm³/mol. The summed E-state index contributed by atoms with van der Waals surface area (Å²) in [5, 5.41) is 0. The quantitative estimate of drug-likeness (QED) is 0.615. The van der Waals surface area contributed by atoms with Crippen molar-refractivity contribution < 1.29 is 17.6 Å². The van der Waals surface area contributed by atoms with Crippen LogP contribution in [0.5, 0.6) is 0 Å². The molecule has 0 N–H and O–H groups in total. The number of halogens is 4. The van der Waals surface area contributed by atoms with E-state index in [-0.39, 0.29) is 37.1 Å². The Bertz CT molecular complexity index is 1060. The molecular formula is C19H18F4N4O. The zero-order valence-electron chi connectivity index (χ0n) is 15.1. The summed E-state index contributed by atoms with van der Waals surface area (Å²) in [6, 6.07) is 5.37. The standard InChI is InChI=1S/C19H18F4N4O/c1-26-10-24-15-17(26)25-16(11-2-4-12(5-3-11)19(21,22)23)27(18(15)28)14-8-6-13(20)7-9-14/h6-12H,2-5H2,1H3/t11-,12+. The molecule has 3 aromatic rings. The number of fused-ring (bicyclic) bond motifs is 1. The number of benzene rings is 1. The number of alkyl halides is 3. The third kappa shape index (κ3) is 3.18. The van der Waals surface area contributed by atoms with Gasteiger partial charge in [0.05, 0.1) is 17.9 Å². The minimum Gasteiger partial charge on any atom is -0.318 e. The summed E-state index contributed by atoms with van der Waals surface area (Å²) in [6.07, 6.45) is -2.19. The molecule has 1 aliphatic carbocycles. The SMILES string of the molecule is Cn1cnc2c(=O)n(-c3ccc(F)cc3)c([C@H]3CC[C@@H](C(F)(F)F)CC3)nc21. The summed E-state index contributed by atoms with van der Waals surface area (Å²) in [4.78, 5) is 21.8. The van der Waals surface area contributed by atoms with E-state index < -0.39 is 23.5 Å². The Labute approximate surface area is 157 Å². The van der Waals surface area contributed by atoms with Gasteiger partial charge in [-0.3, -0.25) is 9.36 Å². The molecule has 5 nitrogen and oxygen atoms in total. The maximum Gasteiger partial charge on any atom is 0.391 e. The van der Waals surface area contributed by atoms with Gasteiger partial charge in [-0.15, -0.1) is 0 Å². The van der Waals surface area contributed by atoms with E-state index in [9.17, 15) is 22.4 Å². The Hall–Kier alpha value is -2.71. The maximum absolute atomic E-state index is 13.3. The van der Waals surface area contributed by atoms with Crippen LogP contribution in [0, 0.1) is 11.7 Å². The Balaban J connectivity index is 1.83. The molecule has 148 valence electrons. The first kappa shape index (κ1) is 18.6. The third-order valence-electron chi connectivity index (χ3n) is 5.40. The van der Waals surface area contributed by atoms with Gasteiger partial charge >= 0.3 is 6.18 Å². The lowest BCUT2D eigenvalue weighted by molar-refractivity contribution is -0.182. The minimum absolute atomic E-state index is 0.00310. The number of hydrogen-bond acceptors (Lipinski definition) is 3. The Morgan fingerprint density at radius 2 is 1.71 bits per heavy atom. The number of hydrogen-bond donors (Lipinski definition) is 0. The van der Waals surface area contributed by atoms with Crippen LogP contribution in [-0.4, -0.2) is 25.3 Å². The second-order valence-corrected chi connectivity index (χ2v) is 7.20. The van der Waals surface area contributed by atoms with Crippen LogP contribution >= 0.6 is 0 Å². The second kappa shape index (κ2) is 6.72. The van der Waals surface area contributed by atoms with Crippen LogP contribution < -0.4 is 5.56 Å². The molecule has 2 aromatic heterocycles. The van der Waals surface area contributed by atoms with E-state index in [0.717, 1.165) is 0 Å². The van der Waals surface area contributed by atoms with Gasteiger partial charge in [-0.2, -0.15) is 13.2 Å². The molecule has 1 saturated carbocycles. The molecule has 9 heteroatoms. The number of aryl methyl sites for hydroxylation is 1. The first-order chi connectivity index (χ1) is 13.3. The normalized spacial score (nSPS) is 20.6. The average molecular weight is 394 g/mol. The Morgan fingerprint density at radius 1 is 1.07 bits per heavy atom. The van der Waals surface area contributed by atoms with Gasteiger partial charge in [0, 0.05) is 13.0 Å². The molecule has 0 amide bonds. The predicted octanol–water partition coefficient (Wildman–Crippen LogP) is 4.09. The highest BCUT2D eigenvalue weighted by Gasteiger charge is 2.42. The van der Waals surface area contributed by atoms with E-state index in [4.69, 9.17) is 0 Å². The van der Waals surface area contributed by atoms with Gasteiger partial charge in [0.15, 0.2) is 11.2 Å². The van der Waals surface area contributed by atoms with E-state index in [1.54, 1.807) is 11.6 Å². The molecule has 0 unspecified atom stereocenters. The monoisotopic (exact) mass is 394 g/mol. The molecule has 0 atom stereocenters. The Morgan fingerprint density at radius 3 is 2.32 bits per heavy atom. The van der Waals surface area contributed by atoms with Crippen LogP contribution in [0.2, 0.25) is 0 Å². The summed E-state index contributed by atoms with van der Waals surface area (Å²) in [7, 11) is 1.70. The van der Waals surface area contributed by atoms with Gasteiger partial charge in [-0.1, -0.05) is 0 Å². The smallest absolute Gasteiger partial charge is 0.318 e. The average Bonchev–Trinajstić information content (AvgIpc) is 3.03. The van der Waals surface area contributed by atoms with Crippen LogP contribution in [0.4, 0.5) is 17.6 Å². The first-order valence-electron chi connectivity index (χ1n) is 9.02.